The molecule has 1 atom stereocenters. The minimum atomic E-state index is -0.675. The van der Waals surface area contributed by atoms with Gasteiger partial charge in [0.1, 0.15) is 11.1 Å². The number of benzene rings is 1. The number of nitro groups is 1. The average molecular weight is 475 g/mol. The maximum absolute atomic E-state index is 11.6. The molecule has 3 aromatic rings. The number of hydrogen-bond acceptors (Lipinski definition) is 7. The molecular weight excluding hydrogens is 460 g/mol. The summed E-state index contributed by atoms with van der Waals surface area (Å²) in [5.41, 5.74) is 1.29. The molecule has 1 unspecified atom stereocenters. The van der Waals surface area contributed by atoms with Gasteiger partial charge in [-0.2, -0.15) is 5.06 Å². The number of pyridine rings is 1. The third-order valence-corrected chi connectivity index (χ3v) is 5.29. The SMILES string of the molecule is C=CC(Cc1ccc(Br)cc1[N+](=O)[O-])ON(C=O)c1csc(-c2ccncc2)n1. The lowest BCUT2D eigenvalue weighted by molar-refractivity contribution is -0.385. The summed E-state index contributed by atoms with van der Waals surface area (Å²) in [6.07, 6.45) is 4.79. The van der Waals surface area contributed by atoms with Crippen LogP contribution in [0.1, 0.15) is 5.56 Å². The first kappa shape index (κ1) is 20.8. The zero-order chi connectivity index (χ0) is 20.8. The summed E-state index contributed by atoms with van der Waals surface area (Å²) in [6, 6.07) is 8.40. The smallest absolute Gasteiger partial charge is 0.273 e. The van der Waals surface area contributed by atoms with E-state index < -0.39 is 11.0 Å². The molecule has 0 saturated carbocycles. The Morgan fingerprint density at radius 3 is 2.76 bits per heavy atom. The summed E-state index contributed by atoms with van der Waals surface area (Å²) in [6.45, 7) is 3.71. The minimum absolute atomic E-state index is 0.0406. The molecule has 0 saturated heterocycles. The first-order chi connectivity index (χ1) is 14.0. The second kappa shape index (κ2) is 9.50. The highest BCUT2D eigenvalue weighted by Gasteiger charge is 2.21. The van der Waals surface area contributed by atoms with Crippen molar-refractivity contribution in [1.29, 1.82) is 0 Å². The number of rotatable bonds is 9. The highest BCUT2D eigenvalue weighted by molar-refractivity contribution is 9.10. The van der Waals surface area contributed by atoms with Crippen LogP contribution in [0, 0.1) is 10.1 Å². The van der Waals surface area contributed by atoms with E-state index in [0.29, 0.717) is 27.3 Å². The monoisotopic (exact) mass is 474 g/mol. The van der Waals surface area contributed by atoms with Gasteiger partial charge in [0.15, 0.2) is 5.82 Å². The van der Waals surface area contributed by atoms with Crippen molar-refractivity contribution in [3.8, 4) is 10.6 Å². The highest BCUT2D eigenvalue weighted by Crippen LogP contribution is 2.29. The third-order valence-electron chi connectivity index (χ3n) is 3.92. The number of anilines is 1. The van der Waals surface area contributed by atoms with Crippen molar-refractivity contribution in [3.05, 3.63) is 80.9 Å². The van der Waals surface area contributed by atoms with Crippen LogP contribution in [0.15, 0.2) is 65.2 Å². The van der Waals surface area contributed by atoms with Gasteiger partial charge < -0.3 is 0 Å². The Kier molecular flexibility index (Phi) is 6.81. The number of carbonyl (C=O) groups is 1. The average Bonchev–Trinajstić information content (AvgIpc) is 3.22. The first-order valence-electron chi connectivity index (χ1n) is 8.34. The molecular formula is C19H15BrN4O4S. The van der Waals surface area contributed by atoms with Crippen LogP contribution < -0.4 is 5.06 Å². The molecule has 2 heterocycles. The largest absolute Gasteiger partial charge is 0.276 e. The Morgan fingerprint density at radius 1 is 1.34 bits per heavy atom. The Bertz CT molecular complexity index is 1030. The number of nitrogens with zero attached hydrogens (tertiary/aromatic N) is 4. The number of aromatic nitrogens is 2. The fourth-order valence-corrected chi connectivity index (χ4v) is 3.67. The van der Waals surface area contributed by atoms with Crippen molar-refractivity contribution in [2.24, 2.45) is 0 Å². The van der Waals surface area contributed by atoms with Crippen molar-refractivity contribution < 1.29 is 14.6 Å². The Hall–Kier alpha value is -2.95. The van der Waals surface area contributed by atoms with Gasteiger partial charge in [-0.15, -0.1) is 17.9 Å². The lowest BCUT2D eigenvalue weighted by Crippen LogP contribution is -2.29. The summed E-state index contributed by atoms with van der Waals surface area (Å²) in [5.74, 6) is 0.314. The van der Waals surface area contributed by atoms with Crippen molar-refractivity contribution in [3.63, 3.8) is 0 Å². The molecule has 0 spiro atoms. The number of halogens is 1. The molecule has 3 rings (SSSR count). The Balaban J connectivity index is 1.78. The van der Waals surface area contributed by atoms with Gasteiger partial charge >= 0.3 is 0 Å². The quantitative estimate of drug-likeness (QED) is 0.195. The fraction of sp³-hybridized carbons (Fsp3) is 0.105. The summed E-state index contributed by atoms with van der Waals surface area (Å²) in [7, 11) is 0. The second-order valence-electron chi connectivity index (χ2n) is 5.79. The van der Waals surface area contributed by atoms with E-state index in [9.17, 15) is 14.9 Å². The molecule has 29 heavy (non-hydrogen) atoms. The Morgan fingerprint density at radius 2 is 2.10 bits per heavy atom. The van der Waals surface area contributed by atoms with Gasteiger partial charge in [0.25, 0.3) is 5.69 Å². The van der Waals surface area contributed by atoms with Crippen LogP contribution in [0.4, 0.5) is 11.5 Å². The molecule has 0 N–H and O–H groups in total. The fourth-order valence-electron chi connectivity index (χ4n) is 2.53. The van der Waals surface area contributed by atoms with E-state index in [1.54, 1.807) is 29.9 Å². The summed E-state index contributed by atoms with van der Waals surface area (Å²) in [4.78, 5) is 36.5. The van der Waals surface area contributed by atoms with Gasteiger partial charge in [0.2, 0.25) is 6.41 Å². The number of carbonyl (C=O) groups excluding carboxylic acids is 1. The third kappa shape index (κ3) is 5.11. The van der Waals surface area contributed by atoms with E-state index in [0.717, 1.165) is 10.6 Å². The summed E-state index contributed by atoms with van der Waals surface area (Å²) < 4.78 is 0.602. The molecule has 0 radical (unpaired) electrons. The zero-order valence-corrected chi connectivity index (χ0v) is 17.4. The van der Waals surface area contributed by atoms with Crippen molar-refractivity contribution in [2.45, 2.75) is 12.5 Å². The molecule has 8 nitrogen and oxygen atoms in total. The van der Waals surface area contributed by atoms with Gasteiger partial charge in [0.05, 0.1) is 4.92 Å². The summed E-state index contributed by atoms with van der Waals surface area (Å²) >= 11 is 4.58. The molecule has 1 amide bonds. The zero-order valence-electron chi connectivity index (χ0n) is 15.0. The number of amides is 1. The van der Waals surface area contributed by atoms with Crippen molar-refractivity contribution >= 4 is 45.2 Å². The van der Waals surface area contributed by atoms with Crippen molar-refractivity contribution in [2.75, 3.05) is 5.06 Å². The van der Waals surface area contributed by atoms with Crippen LogP contribution in [0.2, 0.25) is 0 Å². The highest BCUT2D eigenvalue weighted by atomic mass is 79.9. The summed E-state index contributed by atoms with van der Waals surface area (Å²) in [5, 5.41) is 14.7. The second-order valence-corrected chi connectivity index (χ2v) is 7.57. The predicted molar refractivity (Wildman–Crippen MR) is 113 cm³/mol. The van der Waals surface area contributed by atoms with Crippen LogP contribution in [-0.4, -0.2) is 27.4 Å². The maximum Gasteiger partial charge on any atom is 0.273 e. The number of nitro benzene ring substituents is 1. The topological polar surface area (TPSA) is 98.5 Å². The van der Waals surface area contributed by atoms with Crippen molar-refractivity contribution in [1.82, 2.24) is 9.97 Å². The molecule has 0 aliphatic heterocycles. The normalized spacial score (nSPS) is 11.6. The van der Waals surface area contributed by atoms with Gasteiger partial charge in [0, 0.05) is 45.9 Å². The van der Waals surface area contributed by atoms with E-state index >= 15 is 0 Å². The molecule has 2 aromatic heterocycles. The van der Waals surface area contributed by atoms with Crippen LogP contribution >= 0.6 is 27.3 Å². The van der Waals surface area contributed by atoms with Gasteiger partial charge in [-0.05, 0) is 18.2 Å². The minimum Gasteiger partial charge on any atom is -0.276 e. The standard InChI is InChI=1S/C19H15BrN4O4S/c1-2-16(9-14-3-4-15(20)10-17(14)24(26)27)28-23(12-25)18-11-29-19(22-18)13-5-7-21-8-6-13/h2-8,10-12,16H,1,9H2. The molecule has 0 fully saturated rings. The molecule has 0 aliphatic carbocycles. The molecule has 0 aliphatic rings. The van der Waals surface area contributed by atoms with Crippen LogP contribution in [0.3, 0.4) is 0 Å². The van der Waals surface area contributed by atoms with E-state index in [1.807, 2.05) is 12.1 Å². The molecule has 1 aromatic carbocycles. The first-order valence-corrected chi connectivity index (χ1v) is 10.0. The van der Waals surface area contributed by atoms with Gasteiger partial charge in [-0.1, -0.05) is 28.1 Å². The van der Waals surface area contributed by atoms with E-state index in [2.05, 4.69) is 32.5 Å². The van der Waals surface area contributed by atoms with Gasteiger partial charge in [-0.3, -0.25) is 24.7 Å². The number of thiazole rings is 1. The van der Waals surface area contributed by atoms with E-state index in [4.69, 9.17) is 4.84 Å². The van der Waals surface area contributed by atoms with Crippen LogP contribution in [0.25, 0.3) is 10.6 Å². The number of hydroxylamine groups is 1. The maximum atomic E-state index is 11.6. The lowest BCUT2D eigenvalue weighted by Gasteiger charge is -2.20. The molecule has 148 valence electrons. The van der Waals surface area contributed by atoms with E-state index in [1.165, 1.54) is 23.5 Å². The number of hydrogen-bond donors (Lipinski definition) is 0. The van der Waals surface area contributed by atoms with Crippen LogP contribution in [0.5, 0.6) is 0 Å². The molecule has 10 heteroatoms. The lowest BCUT2D eigenvalue weighted by atomic mass is 10.1. The predicted octanol–water partition coefficient (Wildman–Crippen LogP) is 4.57. The van der Waals surface area contributed by atoms with E-state index in [-0.39, 0.29) is 12.1 Å². The molecule has 0 bridgehead atoms. The Labute approximate surface area is 178 Å². The van der Waals surface area contributed by atoms with Gasteiger partial charge in [-0.25, -0.2) is 4.98 Å². The van der Waals surface area contributed by atoms with Crippen LogP contribution in [-0.2, 0) is 16.1 Å².